The summed E-state index contributed by atoms with van der Waals surface area (Å²) in [7, 11) is 0. The smallest absolute Gasteiger partial charge is 0.220 e. The Kier molecular flexibility index (Phi) is 3.15. The molecule has 1 aliphatic rings. The van der Waals surface area contributed by atoms with E-state index in [1.165, 1.54) is 5.57 Å². The molecule has 0 spiro atoms. The summed E-state index contributed by atoms with van der Waals surface area (Å²) >= 11 is 0. The summed E-state index contributed by atoms with van der Waals surface area (Å²) in [6, 6.07) is 2.06. The maximum atomic E-state index is 5.80. The second-order valence-corrected chi connectivity index (χ2v) is 5.43. The van der Waals surface area contributed by atoms with Crippen LogP contribution in [0, 0.1) is 0 Å². The number of nitrogens with zero attached hydrogens (tertiary/aromatic N) is 2. The number of nitrogens with one attached hydrogen (secondary N) is 1. The minimum Gasteiger partial charge on any atom is -0.368 e. The van der Waals surface area contributed by atoms with Gasteiger partial charge in [-0.25, -0.2) is 9.97 Å². The lowest BCUT2D eigenvalue weighted by Crippen LogP contribution is -2.21. The van der Waals surface area contributed by atoms with Crippen molar-refractivity contribution in [2.45, 2.75) is 32.6 Å². The highest BCUT2D eigenvalue weighted by molar-refractivity contribution is 5.64. The van der Waals surface area contributed by atoms with Gasteiger partial charge in [-0.3, -0.25) is 0 Å². The lowest BCUT2D eigenvalue weighted by atomic mass is 9.90. The molecule has 0 saturated carbocycles. The number of nitrogen functional groups attached to an aromatic ring is 1. The summed E-state index contributed by atoms with van der Waals surface area (Å²) in [5.41, 5.74) is 9.04. The van der Waals surface area contributed by atoms with Crippen LogP contribution in [0.5, 0.6) is 0 Å². The summed E-state index contributed by atoms with van der Waals surface area (Å²) in [4.78, 5) is 8.67. The molecule has 0 radical (unpaired) electrons. The van der Waals surface area contributed by atoms with Gasteiger partial charge in [0.25, 0.3) is 0 Å². The van der Waals surface area contributed by atoms with Crippen LogP contribution in [0.4, 0.5) is 5.95 Å². The van der Waals surface area contributed by atoms with Crippen LogP contribution < -0.4 is 11.1 Å². The van der Waals surface area contributed by atoms with Crippen molar-refractivity contribution in [3.8, 4) is 0 Å². The molecule has 2 heterocycles. The van der Waals surface area contributed by atoms with Crippen LogP contribution in [0.1, 0.15) is 38.6 Å². The highest BCUT2D eigenvalue weighted by atomic mass is 15.0. The van der Waals surface area contributed by atoms with Crippen molar-refractivity contribution >= 4 is 11.5 Å². The van der Waals surface area contributed by atoms with E-state index in [1.54, 1.807) is 0 Å². The fraction of sp³-hybridized carbons (Fsp3) is 0.538. The molecule has 0 aliphatic carbocycles. The highest BCUT2D eigenvalue weighted by Gasteiger charge is 2.18. The maximum Gasteiger partial charge on any atom is 0.220 e. The molecular formula is C13H20N4. The van der Waals surface area contributed by atoms with E-state index < -0.39 is 0 Å². The number of rotatable bonds is 1. The van der Waals surface area contributed by atoms with Gasteiger partial charge in [0.15, 0.2) is 0 Å². The molecule has 0 unspecified atom stereocenters. The molecule has 3 N–H and O–H groups in total. The monoisotopic (exact) mass is 232 g/mol. The standard InChI is InChI=1S/C13H20N4/c1-13(2,3)11-8-10(16-12(14)17-11)9-4-6-15-7-5-9/h4,8,15H,5-7H2,1-3H3,(H2,14,16,17). The molecule has 0 atom stereocenters. The quantitative estimate of drug-likeness (QED) is 0.774. The van der Waals surface area contributed by atoms with E-state index in [2.05, 4.69) is 48.2 Å². The Balaban J connectivity index is 2.41. The predicted molar refractivity (Wildman–Crippen MR) is 70.6 cm³/mol. The fourth-order valence-electron chi connectivity index (χ4n) is 1.87. The van der Waals surface area contributed by atoms with E-state index in [0.29, 0.717) is 5.95 Å². The zero-order valence-electron chi connectivity index (χ0n) is 10.7. The molecule has 1 aromatic heterocycles. The van der Waals surface area contributed by atoms with Gasteiger partial charge in [0, 0.05) is 12.0 Å². The molecule has 17 heavy (non-hydrogen) atoms. The van der Waals surface area contributed by atoms with Gasteiger partial charge in [-0.05, 0) is 24.6 Å². The summed E-state index contributed by atoms with van der Waals surface area (Å²) in [5.74, 6) is 0.367. The first-order valence-electron chi connectivity index (χ1n) is 6.02. The molecule has 0 saturated heterocycles. The molecule has 1 aromatic rings. The van der Waals surface area contributed by atoms with Crippen LogP contribution in [0.25, 0.3) is 5.57 Å². The molecule has 1 aliphatic heterocycles. The summed E-state index contributed by atoms with van der Waals surface area (Å²) in [6.45, 7) is 8.31. The normalized spacial score (nSPS) is 16.8. The van der Waals surface area contributed by atoms with E-state index in [-0.39, 0.29) is 5.41 Å². The third kappa shape index (κ3) is 2.82. The number of hydrogen-bond acceptors (Lipinski definition) is 4. The van der Waals surface area contributed by atoms with E-state index in [9.17, 15) is 0 Å². The lowest BCUT2D eigenvalue weighted by molar-refractivity contribution is 0.567. The van der Waals surface area contributed by atoms with Gasteiger partial charge in [0.05, 0.1) is 11.4 Å². The number of hydrogen-bond donors (Lipinski definition) is 2. The zero-order valence-corrected chi connectivity index (χ0v) is 10.7. The van der Waals surface area contributed by atoms with E-state index in [4.69, 9.17) is 5.73 Å². The van der Waals surface area contributed by atoms with Crippen molar-refractivity contribution in [3.63, 3.8) is 0 Å². The minimum atomic E-state index is -0.000708. The maximum absolute atomic E-state index is 5.80. The highest BCUT2D eigenvalue weighted by Crippen LogP contribution is 2.25. The number of anilines is 1. The van der Waals surface area contributed by atoms with Crippen molar-refractivity contribution in [1.29, 1.82) is 0 Å². The molecule has 2 rings (SSSR count). The molecule has 0 bridgehead atoms. The summed E-state index contributed by atoms with van der Waals surface area (Å²) < 4.78 is 0. The molecule has 0 aromatic carbocycles. The largest absolute Gasteiger partial charge is 0.368 e. The fourth-order valence-corrected chi connectivity index (χ4v) is 1.87. The minimum absolute atomic E-state index is 0.000708. The Morgan fingerprint density at radius 1 is 1.29 bits per heavy atom. The van der Waals surface area contributed by atoms with Crippen LogP contribution in [0.15, 0.2) is 12.1 Å². The Hall–Kier alpha value is -1.42. The Morgan fingerprint density at radius 3 is 2.65 bits per heavy atom. The van der Waals surface area contributed by atoms with Gasteiger partial charge in [-0.2, -0.15) is 0 Å². The van der Waals surface area contributed by atoms with Crippen LogP contribution in [0.2, 0.25) is 0 Å². The summed E-state index contributed by atoms with van der Waals surface area (Å²) in [6.07, 6.45) is 3.18. The molecular weight excluding hydrogens is 212 g/mol. The van der Waals surface area contributed by atoms with Crippen molar-refractivity contribution in [3.05, 3.63) is 23.5 Å². The Bertz CT molecular complexity index is 443. The van der Waals surface area contributed by atoms with E-state index in [1.807, 2.05) is 0 Å². The number of aromatic nitrogens is 2. The van der Waals surface area contributed by atoms with Crippen molar-refractivity contribution in [2.24, 2.45) is 0 Å². The molecule has 92 valence electrons. The van der Waals surface area contributed by atoms with Gasteiger partial charge in [-0.1, -0.05) is 26.8 Å². The predicted octanol–water partition coefficient (Wildman–Crippen LogP) is 1.73. The second-order valence-electron chi connectivity index (χ2n) is 5.43. The van der Waals surface area contributed by atoms with Gasteiger partial charge >= 0.3 is 0 Å². The van der Waals surface area contributed by atoms with Gasteiger partial charge < -0.3 is 11.1 Å². The summed E-state index contributed by atoms with van der Waals surface area (Å²) in [5, 5.41) is 3.29. The first-order valence-corrected chi connectivity index (χ1v) is 6.02. The Labute approximate surface area is 102 Å². The third-order valence-corrected chi connectivity index (χ3v) is 2.90. The number of nitrogens with two attached hydrogens (primary N) is 1. The van der Waals surface area contributed by atoms with E-state index >= 15 is 0 Å². The third-order valence-electron chi connectivity index (χ3n) is 2.90. The van der Waals surface area contributed by atoms with Gasteiger partial charge in [0.1, 0.15) is 0 Å². The molecule has 0 amide bonds. The van der Waals surface area contributed by atoms with Crippen molar-refractivity contribution in [1.82, 2.24) is 15.3 Å². The van der Waals surface area contributed by atoms with Crippen molar-refractivity contribution < 1.29 is 0 Å². The van der Waals surface area contributed by atoms with Crippen LogP contribution in [-0.4, -0.2) is 23.1 Å². The van der Waals surface area contributed by atoms with Crippen molar-refractivity contribution in [2.75, 3.05) is 18.8 Å². The van der Waals surface area contributed by atoms with Gasteiger partial charge in [-0.15, -0.1) is 0 Å². The average Bonchev–Trinajstić information content (AvgIpc) is 2.28. The Morgan fingerprint density at radius 2 is 2.06 bits per heavy atom. The molecule has 0 fully saturated rings. The average molecular weight is 232 g/mol. The zero-order chi connectivity index (χ0) is 12.5. The second kappa shape index (κ2) is 4.45. The van der Waals surface area contributed by atoms with Crippen LogP contribution >= 0.6 is 0 Å². The lowest BCUT2D eigenvalue weighted by Gasteiger charge is -2.20. The van der Waals surface area contributed by atoms with Crippen LogP contribution in [-0.2, 0) is 5.41 Å². The first kappa shape index (κ1) is 12.0. The topological polar surface area (TPSA) is 63.8 Å². The molecule has 4 nitrogen and oxygen atoms in total. The first-order chi connectivity index (χ1) is 7.97. The van der Waals surface area contributed by atoms with Crippen LogP contribution in [0.3, 0.4) is 0 Å². The van der Waals surface area contributed by atoms with Gasteiger partial charge in [0.2, 0.25) is 5.95 Å². The molecule has 4 heteroatoms. The van der Waals surface area contributed by atoms with E-state index in [0.717, 1.165) is 30.9 Å². The SMILES string of the molecule is CC(C)(C)c1cc(C2=CCNCC2)nc(N)n1.